The van der Waals surface area contributed by atoms with E-state index in [0.717, 1.165) is 18.7 Å². The van der Waals surface area contributed by atoms with Gasteiger partial charge in [0.2, 0.25) is 0 Å². The number of aromatic nitrogens is 2. The molecule has 4 heteroatoms. The third-order valence-electron chi connectivity index (χ3n) is 3.25. The van der Waals surface area contributed by atoms with Gasteiger partial charge in [0.25, 0.3) is 0 Å². The van der Waals surface area contributed by atoms with Gasteiger partial charge in [-0.25, -0.2) is 0 Å². The van der Waals surface area contributed by atoms with Crippen LogP contribution in [0, 0.1) is 5.92 Å². The molecule has 2 heterocycles. The summed E-state index contributed by atoms with van der Waals surface area (Å²) < 4.78 is 1.85. The first-order valence-corrected chi connectivity index (χ1v) is 7.59. The van der Waals surface area contributed by atoms with Crippen LogP contribution in [0.1, 0.15) is 43.1 Å². The number of thioether (sulfide) groups is 1. The summed E-state index contributed by atoms with van der Waals surface area (Å²) in [6.45, 7) is 2.95. The molecule has 1 aliphatic rings. The van der Waals surface area contributed by atoms with Gasteiger partial charge in [0, 0.05) is 19.2 Å². The quantitative estimate of drug-likeness (QED) is 0.756. The number of aryl methyl sites for hydroxylation is 1. The molecule has 1 aromatic rings. The number of Topliss-reactive ketones (excluding diaryl/α,β-unsaturated/α-hetero) is 1. The summed E-state index contributed by atoms with van der Waals surface area (Å²) in [5.74, 6) is 3.29. The zero-order valence-electron chi connectivity index (χ0n) is 10.4. The van der Waals surface area contributed by atoms with E-state index in [0.29, 0.717) is 12.3 Å². The molecule has 0 unspecified atom stereocenters. The van der Waals surface area contributed by atoms with Crippen molar-refractivity contribution in [3.63, 3.8) is 0 Å². The Morgan fingerprint density at radius 1 is 1.53 bits per heavy atom. The predicted molar refractivity (Wildman–Crippen MR) is 71.5 cm³/mol. The van der Waals surface area contributed by atoms with Gasteiger partial charge in [-0.15, -0.1) is 0 Å². The largest absolute Gasteiger partial charge is 0.292 e. The summed E-state index contributed by atoms with van der Waals surface area (Å²) in [4.78, 5) is 12.2. The Labute approximate surface area is 107 Å². The molecule has 2 rings (SSSR count). The lowest BCUT2D eigenvalue weighted by Crippen LogP contribution is -2.17. The standard InChI is InChI=1S/C13H20N2OS/c1-2-7-15-12(3-6-14-15)13(16)10-11-4-8-17-9-5-11/h3,6,11H,2,4-5,7-10H2,1H3. The summed E-state index contributed by atoms with van der Waals surface area (Å²) in [6.07, 6.45) is 5.84. The van der Waals surface area contributed by atoms with Crippen LogP contribution in [0.5, 0.6) is 0 Å². The van der Waals surface area contributed by atoms with Crippen molar-refractivity contribution in [2.45, 2.75) is 39.2 Å². The smallest absolute Gasteiger partial charge is 0.181 e. The highest BCUT2D eigenvalue weighted by Gasteiger charge is 2.20. The Morgan fingerprint density at radius 3 is 3.00 bits per heavy atom. The SMILES string of the molecule is CCCn1nccc1C(=O)CC1CCSCC1. The molecular weight excluding hydrogens is 232 g/mol. The van der Waals surface area contributed by atoms with E-state index in [1.54, 1.807) is 6.20 Å². The number of hydrogen-bond acceptors (Lipinski definition) is 3. The monoisotopic (exact) mass is 252 g/mol. The van der Waals surface area contributed by atoms with Gasteiger partial charge in [-0.1, -0.05) is 6.92 Å². The van der Waals surface area contributed by atoms with Gasteiger partial charge in [-0.05, 0) is 42.8 Å². The van der Waals surface area contributed by atoms with E-state index in [2.05, 4.69) is 12.0 Å². The summed E-state index contributed by atoms with van der Waals surface area (Å²) in [7, 11) is 0. The Balaban J connectivity index is 1.96. The molecule has 1 aromatic heterocycles. The zero-order valence-corrected chi connectivity index (χ0v) is 11.2. The molecule has 0 saturated carbocycles. The maximum atomic E-state index is 12.2. The summed E-state index contributed by atoms with van der Waals surface area (Å²) in [5.41, 5.74) is 0.796. The van der Waals surface area contributed by atoms with Gasteiger partial charge in [0.15, 0.2) is 5.78 Å². The zero-order chi connectivity index (χ0) is 12.1. The van der Waals surface area contributed by atoms with Crippen LogP contribution in [0.25, 0.3) is 0 Å². The van der Waals surface area contributed by atoms with Crippen molar-refractivity contribution in [3.8, 4) is 0 Å². The van der Waals surface area contributed by atoms with Gasteiger partial charge < -0.3 is 0 Å². The Bertz CT molecular complexity index is 369. The second-order valence-electron chi connectivity index (χ2n) is 4.62. The number of rotatable bonds is 5. The normalized spacial score (nSPS) is 17.2. The molecule has 0 bridgehead atoms. The number of carbonyl (C=O) groups excluding carboxylic acids is 1. The van der Waals surface area contributed by atoms with E-state index in [-0.39, 0.29) is 5.78 Å². The second kappa shape index (κ2) is 6.24. The first kappa shape index (κ1) is 12.7. The van der Waals surface area contributed by atoms with Crippen molar-refractivity contribution in [1.29, 1.82) is 0 Å². The van der Waals surface area contributed by atoms with Gasteiger partial charge in [0.05, 0.1) is 0 Å². The summed E-state index contributed by atoms with van der Waals surface area (Å²) in [5, 5.41) is 4.21. The molecule has 94 valence electrons. The third kappa shape index (κ3) is 3.35. The predicted octanol–water partition coefficient (Wildman–Crippen LogP) is 3.01. The fourth-order valence-corrected chi connectivity index (χ4v) is 3.48. The summed E-state index contributed by atoms with van der Waals surface area (Å²) in [6, 6.07) is 1.86. The Kier molecular flexibility index (Phi) is 4.66. The fraction of sp³-hybridized carbons (Fsp3) is 0.692. The molecule has 0 amide bonds. The fourth-order valence-electron chi connectivity index (χ4n) is 2.28. The Morgan fingerprint density at radius 2 is 2.29 bits per heavy atom. The van der Waals surface area contributed by atoms with Crippen LogP contribution in [-0.4, -0.2) is 27.1 Å². The first-order chi connectivity index (χ1) is 8.31. The number of nitrogens with zero attached hydrogens (tertiary/aromatic N) is 2. The first-order valence-electron chi connectivity index (χ1n) is 6.44. The molecule has 0 radical (unpaired) electrons. The highest BCUT2D eigenvalue weighted by Crippen LogP contribution is 2.26. The van der Waals surface area contributed by atoms with E-state index in [1.165, 1.54) is 24.3 Å². The number of carbonyl (C=O) groups is 1. The maximum Gasteiger partial charge on any atom is 0.181 e. The molecule has 1 fully saturated rings. The van der Waals surface area contributed by atoms with Crippen LogP contribution >= 0.6 is 11.8 Å². The molecular formula is C13H20N2OS. The van der Waals surface area contributed by atoms with E-state index in [1.807, 2.05) is 22.5 Å². The van der Waals surface area contributed by atoms with Crippen molar-refractivity contribution in [3.05, 3.63) is 18.0 Å². The minimum absolute atomic E-state index is 0.271. The molecule has 1 saturated heterocycles. The van der Waals surface area contributed by atoms with E-state index < -0.39 is 0 Å². The van der Waals surface area contributed by atoms with Crippen LogP contribution in [-0.2, 0) is 6.54 Å². The average molecular weight is 252 g/mol. The molecule has 0 aromatic carbocycles. The minimum Gasteiger partial charge on any atom is -0.292 e. The summed E-state index contributed by atoms with van der Waals surface area (Å²) >= 11 is 2.01. The molecule has 0 N–H and O–H groups in total. The number of hydrogen-bond donors (Lipinski definition) is 0. The van der Waals surface area contributed by atoms with Crippen molar-refractivity contribution in [2.75, 3.05) is 11.5 Å². The third-order valence-corrected chi connectivity index (χ3v) is 4.30. The molecule has 3 nitrogen and oxygen atoms in total. The highest BCUT2D eigenvalue weighted by molar-refractivity contribution is 7.99. The van der Waals surface area contributed by atoms with Crippen LogP contribution in [0.3, 0.4) is 0 Å². The molecule has 17 heavy (non-hydrogen) atoms. The van der Waals surface area contributed by atoms with Gasteiger partial charge in [-0.2, -0.15) is 16.9 Å². The lowest BCUT2D eigenvalue weighted by Gasteiger charge is -2.20. The lowest BCUT2D eigenvalue weighted by molar-refractivity contribution is 0.0948. The number of ketones is 1. The van der Waals surface area contributed by atoms with Crippen molar-refractivity contribution in [1.82, 2.24) is 9.78 Å². The molecule has 1 aliphatic heterocycles. The van der Waals surface area contributed by atoms with E-state index in [9.17, 15) is 4.79 Å². The van der Waals surface area contributed by atoms with Gasteiger partial charge in [-0.3, -0.25) is 9.48 Å². The van der Waals surface area contributed by atoms with Crippen molar-refractivity contribution < 1.29 is 4.79 Å². The van der Waals surface area contributed by atoms with Crippen molar-refractivity contribution >= 4 is 17.5 Å². The maximum absolute atomic E-state index is 12.2. The van der Waals surface area contributed by atoms with Crippen molar-refractivity contribution in [2.24, 2.45) is 5.92 Å². The van der Waals surface area contributed by atoms with E-state index in [4.69, 9.17) is 0 Å². The van der Waals surface area contributed by atoms with Crippen LogP contribution in [0.4, 0.5) is 0 Å². The van der Waals surface area contributed by atoms with E-state index >= 15 is 0 Å². The Hall–Kier alpha value is -0.770. The molecule has 0 atom stereocenters. The average Bonchev–Trinajstić information content (AvgIpc) is 2.79. The molecule has 0 spiro atoms. The highest BCUT2D eigenvalue weighted by atomic mass is 32.2. The van der Waals surface area contributed by atoms with Crippen LogP contribution in [0.2, 0.25) is 0 Å². The lowest BCUT2D eigenvalue weighted by atomic mass is 9.95. The minimum atomic E-state index is 0.271. The van der Waals surface area contributed by atoms with Gasteiger partial charge in [0.1, 0.15) is 5.69 Å². The topological polar surface area (TPSA) is 34.9 Å². The van der Waals surface area contributed by atoms with Crippen LogP contribution in [0.15, 0.2) is 12.3 Å². The van der Waals surface area contributed by atoms with Crippen LogP contribution < -0.4 is 0 Å². The van der Waals surface area contributed by atoms with Gasteiger partial charge >= 0.3 is 0 Å². The second-order valence-corrected chi connectivity index (χ2v) is 5.85. The molecule has 0 aliphatic carbocycles.